The Hall–Kier alpha value is -1.33. The van der Waals surface area contributed by atoms with E-state index in [1.54, 1.807) is 17.5 Å². The first-order valence-electron chi connectivity index (χ1n) is 4.24. The molecule has 0 atom stereocenters. The van der Waals surface area contributed by atoms with Crippen LogP contribution < -0.4 is 5.73 Å². The summed E-state index contributed by atoms with van der Waals surface area (Å²) in [5, 5.41) is 0.908. The molecular weight excluding hydrogens is 196 g/mol. The van der Waals surface area contributed by atoms with Gasteiger partial charge in [-0.25, -0.2) is 15.0 Å². The molecule has 0 aliphatic heterocycles. The molecule has 0 bridgehead atoms. The Morgan fingerprint density at radius 3 is 2.93 bits per heavy atom. The summed E-state index contributed by atoms with van der Waals surface area (Å²) < 4.78 is 0. The van der Waals surface area contributed by atoms with Gasteiger partial charge >= 0.3 is 0 Å². The number of hydrogen-bond donors (Lipinski definition) is 1. The van der Waals surface area contributed by atoms with E-state index in [0.29, 0.717) is 6.54 Å². The molecule has 4 nitrogen and oxygen atoms in total. The van der Waals surface area contributed by atoms with Crippen molar-refractivity contribution in [2.24, 2.45) is 5.73 Å². The Morgan fingerprint density at radius 1 is 1.50 bits per heavy atom. The maximum Gasteiger partial charge on any atom is 0.142 e. The molecule has 2 heterocycles. The molecule has 0 spiro atoms. The predicted octanol–water partition coefficient (Wildman–Crippen LogP) is 1.37. The first-order chi connectivity index (χ1) is 6.81. The Balaban J connectivity index is 2.43. The standard InChI is InChI=1S/C9H10N4S/c1-6-8(4-10)14-9(13-6)7-2-3-11-5-12-7/h2-3,5H,4,10H2,1H3. The van der Waals surface area contributed by atoms with Crippen LogP contribution in [0, 0.1) is 6.92 Å². The molecule has 2 N–H and O–H groups in total. The van der Waals surface area contributed by atoms with Gasteiger partial charge in [-0.05, 0) is 13.0 Å². The van der Waals surface area contributed by atoms with Crippen LogP contribution in [-0.2, 0) is 6.54 Å². The minimum absolute atomic E-state index is 0.536. The zero-order chi connectivity index (χ0) is 9.97. The lowest BCUT2D eigenvalue weighted by Gasteiger charge is -1.91. The molecule has 0 saturated heterocycles. The normalized spacial score (nSPS) is 10.4. The van der Waals surface area contributed by atoms with Crippen LogP contribution in [0.2, 0.25) is 0 Å². The van der Waals surface area contributed by atoms with E-state index >= 15 is 0 Å². The number of nitrogens with two attached hydrogens (primary N) is 1. The SMILES string of the molecule is Cc1nc(-c2ccncn2)sc1CN. The molecule has 5 heteroatoms. The minimum Gasteiger partial charge on any atom is -0.326 e. The fourth-order valence-electron chi connectivity index (χ4n) is 1.14. The van der Waals surface area contributed by atoms with Gasteiger partial charge in [-0.1, -0.05) is 0 Å². The first kappa shape index (κ1) is 9.23. The van der Waals surface area contributed by atoms with Crippen molar-refractivity contribution < 1.29 is 0 Å². The fraction of sp³-hybridized carbons (Fsp3) is 0.222. The second-order valence-corrected chi connectivity index (χ2v) is 3.91. The van der Waals surface area contributed by atoms with Crippen LogP contribution in [-0.4, -0.2) is 15.0 Å². The number of rotatable bonds is 2. The van der Waals surface area contributed by atoms with Crippen molar-refractivity contribution >= 4 is 11.3 Å². The highest BCUT2D eigenvalue weighted by Crippen LogP contribution is 2.25. The largest absolute Gasteiger partial charge is 0.326 e. The van der Waals surface area contributed by atoms with Gasteiger partial charge in [0.15, 0.2) is 0 Å². The van der Waals surface area contributed by atoms with Gasteiger partial charge in [-0.3, -0.25) is 0 Å². The summed E-state index contributed by atoms with van der Waals surface area (Å²) in [6, 6.07) is 1.85. The summed E-state index contributed by atoms with van der Waals surface area (Å²) in [6.45, 7) is 2.50. The zero-order valence-electron chi connectivity index (χ0n) is 7.77. The fourth-order valence-corrected chi connectivity index (χ4v) is 2.06. The summed E-state index contributed by atoms with van der Waals surface area (Å²) in [7, 11) is 0. The van der Waals surface area contributed by atoms with Gasteiger partial charge in [0, 0.05) is 17.6 Å². The van der Waals surface area contributed by atoms with Crippen molar-refractivity contribution in [1.29, 1.82) is 0 Å². The Morgan fingerprint density at radius 2 is 2.36 bits per heavy atom. The van der Waals surface area contributed by atoms with Gasteiger partial charge in [0.25, 0.3) is 0 Å². The van der Waals surface area contributed by atoms with Crippen molar-refractivity contribution in [2.45, 2.75) is 13.5 Å². The van der Waals surface area contributed by atoms with Crippen molar-refractivity contribution in [3.05, 3.63) is 29.2 Å². The van der Waals surface area contributed by atoms with Gasteiger partial charge in [0.1, 0.15) is 17.0 Å². The van der Waals surface area contributed by atoms with Crippen LogP contribution in [0.25, 0.3) is 10.7 Å². The Kier molecular flexibility index (Phi) is 2.51. The highest BCUT2D eigenvalue weighted by Gasteiger charge is 2.08. The van der Waals surface area contributed by atoms with Crippen molar-refractivity contribution in [3.63, 3.8) is 0 Å². The van der Waals surface area contributed by atoms with E-state index in [9.17, 15) is 0 Å². The molecule has 2 rings (SSSR count). The molecule has 0 unspecified atom stereocenters. The van der Waals surface area contributed by atoms with Crippen LogP contribution >= 0.6 is 11.3 Å². The average Bonchev–Trinajstić information content (AvgIpc) is 2.61. The van der Waals surface area contributed by atoms with E-state index in [1.807, 2.05) is 13.0 Å². The van der Waals surface area contributed by atoms with Crippen LogP contribution in [0.3, 0.4) is 0 Å². The van der Waals surface area contributed by atoms with E-state index < -0.39 is 0 Å². The smallest absolute Gasteiger partial charge is 0.142 e. The first-order valence-corrected chi connectivity index (χ1v) is 5.05. The zero-order valence-corrected chi connectivity index (χ0v) is 8.58. The predicted molar refractivity (Wildman–Crippen MR) is 55.8 cm³/mol. The van der Waals surface area contributed by atoms with Crippen LogP contribution in [0.1, 0.15) is 10.6 Å². The monoisotopic (exact) mass is 206 g/mol. The number of aromatic nitrogens is 3. The number of thiazole rings is 1. The molecule has 2 aromatic rings. The highest BCUT2D eigenvalue weighted by atomic mass is 32.1. The van der Waals surface area contributed by atoms with Gasteiger partial charge in [0.05, 0.1) is 5.69 Å². The van der Waals surface area contributed by atoms with Gasteiger partial charge in [0.2, 0.25) is 0 Å². The summed E-state index contributed by atoms with van der Waals surface area (Å²) in [5.41, 5.74) is 7.43. The molecule has 0 aromatic carbocycles. The number of aryl methyl sites for hydroxylation is 1. The molecule has 0 saturated carbocycles. The topological polar surface area (TPSA) is 64.7 Å². The lowest BCUT2D eigenvalue weighted by atomic mass is 10.4. The summed E-state index contributed by atoms with van der Waals surface area (Å²) in [6.07, 6.45) is 3.23. The lowest BCUT2D eigenvalue weighted by molar-refractivity contribution is 1.06. The Labute approximate surface area is 85.9 Å². The van der Waals surface area contributed by atoms with E-state index in [-0.39, 0.29) is 0 Å². The summed E-state index contributed by atoms with van der Waals surface area (Å²) >= 11 is 1.59. The van der Waals surface area contributed by atoms with Gasteiger partial charge < -0.3 is 5.73 Å². The molecule has 0 amide bonds. The van der Waals surface area contributed by atoms with Gasteiger partial charge in [-0.15, -0.1) is 11.3 Å². The van der Waals surface area contributed by atoms with Crippen LogP contribution in [0.4, 0.5) is 0 Å². The number of nitrogens with zero attached hydrogens (tertiary/aromatic N) is 3. The van der Waals surface area contributed by atoms with Crippen molar-refractivity contribution in [1.82, 2.24) is 15.0 Å². The molecule has 0 fully saturated rings. The molecule has 0 radical (unpaired) electrons. The third-order valence-electron chi connectivity index (χ3n) is 1.88. The highest BCUT2D eigenvalue weighted by molar-refractivity contribution is 7.15. The van der Waals surface area contributed by atoms with E-state index in [2.05, 4.69) is 15.0 Å². The van der Waals surface area contributed by atoms with Crippen LogP contribution in [0.5, 0.6) is 0 Å². The number of hydrogen-bond acceptors (Lipinski definition) is 5. The molecule has 0 aliphatic carbocycles. The maximum atomic E-state index is 5.58. The second-order valence-electron chi connectivity index (χ2n) is 2.83. The van der Waals surface area contributed by atoms with Crippen LogP contribution in [0.15, 0.2) is 18.6 Å². The van der Waals surface area contributed by atoms with Crippen molar-refractivity contribution in [3.8, 4) is 10.7 Å². The molecular formula is C9H10N4S. The molecule has 0 aliphatic rings. The summed E-state index contributed by atoms with van der Waals surface area (Å²) in [5.74, 6) is 0. The van der Waals surface area contributed by atoms with Gasteiger partial charge in [-0.2, -0.15) is 0 Å². The molecule has 72 valence electrons. The molecule has 2 aromatic heterocycles. The lowest BCUT2D eigenvalue weighted by Crippen LogP contribution is -1.94. The minimum atomic E-state index is 0.536. The third-order valence-corrected chi connectivity index (χ3v) is 3.08. The maximum absolute atomic E-state index is 5.58. The summed E-state index contributed by atoms with van der Waals surface area (Å²) in [4.78, 5) is 13.5. The molecule has 14 heavy (non-hydrogen) atoms. The average molecular weight is 206 g/mol. The third kappa shape index (κ3) is 1.64. The Bertz CT molecular complexity index is 424. The second kappa shape index (κ2) is 3.81. The van der Waals surface area contributed by atoms with E-state index in [0.717, 1.165) is 21.3 Å². The van der Waals surface area contributed by atoms with E-state index in [1.165, 1.54) is 6.33 Å². The van der Waals surface area contributed by atoms with Crippen molar-refractivity contribution in [2.75, 3.05) is 0 Å². The quantitative estimate of drug-likeness (QED) is 0.806. The van der Waals surface area contributed by atoms with E-state index in [4.69, 9.17) is 5.73 Å².